The number of nitrogens with one attached hydrogen (secondary N) is 2. The number of carbonyl (C=O) groups is 1. The van der Waals surface area contributed by atoms with Crippen molar-refractivity contribution in [2.75, 3.05) is 30.9 Å². The molecule has 0 fully saturated rings. The van der Waals surface area contributed by atoms with Crippen LogP contribution >= 0.6 is 0 Å². The Labute approximate surface area is 199 Å². The highest BCUT2D eigenvalue weighted by Crippen LogP contribution is 2.27. The fraction of sp³-hybridized carbons (Fsp3) is 0.240. The number of amides is 1. The summed E-state index contributed by atoms with van der Waals surface area (Å²) in [4.78, 5) is 12.7. The first kappa shape index (κ1) is 24.9. The Hall–Kier alpha value is -3.72. The Kier molecular flexibility index (Phi) is 8.01. The third-order valence-electron chi connectivity index (χ3n) is 5.02. The maximum absolute atomic E-state index is 13.0. The van der Waals surface area contributed by atoms with Crippen molar-refractivity contribution in [3.8, 4) is 17.2 Å². The van der Waals surface area contributed by atoms with Crippen molar-refractivity contribution in [1.82, 2.24) is 0 Å². The van der Waals surface area contributed by atoms with Crippen molar-refractivity contribution in [3.05, 3.63) is 71.8 Å². The molecule has 9 heteroatoms. The molecule has 0 bridgehead atoms. The third-order valence-corrected chi connectivity index (χ3v) is 6.55. The maximum atomic E-state index is 13.0. The molecule has 0 aromatic heterocycles. The molecule has 0 saturated heterocycles. The van der Waals surface area contributed by atoms with E-state index in [1.807, 2.05) is 6.92 Å². The van der Waals surface area contributed by atoms with Crippen LogP contribution < -0.4 is 24.2 Å². The average molecular weight is 485 g/mol. The summed E-state index contributed by atoms with van der Waals surface area (Å²) in [7, 11) is -0.812. The highest BCUT2D eigenvalue weighted by atomic mass is 32.2. The SMILES string of the molecule is CCOc1ccc(NS(=O)(=O)c2cc(NC(=O)Cc3ccc(OC)cc3OC)ccc2C)cc1. The summed E-state index contributed by atoms with van der Waals surface area (Å²) in [6.45, 7) is 4.09. The Balaban J connectivity index is 1.75. The number of methoxy groups -OCH3 is 2. The van der Waals surface area contributed by atoms with E-state index in [0.29, 0.717) is 46.4 Å². The van der Waals surface area contributed by atoms with E-state index in [1.54, 1.807) is 68.6 Å². The molecule has 3 rings (SSSR count). The molecule has 180 valence electrons. The van der Waals surface area contributed by atoms with Crippen molar-refractivity contribution in [2.45, 2.75) is 25.2 Å². The van der Waals surface area contributed by atoms with Crippen molar-refractivity contribution in [1.29, 1.82) is 0 Å². The van der Waals surface area contributed by atoms with Gasteiger partial charge in [0.1, 0.15) is 17.2 Å². The minimum Gasteiger partial charge on any atom is -0.497 e. The molecule has 8 nitrogen and oxygen atoms in total. The zero-order valence-corrected chi connectivity index (χ0v) is 20.4. The lowest BCUT2D eigenvalue weighted by atomic mass is 10.1. The van der Waals surface area contributed by atoms with E-state index in [2.05, 4.69) is 10.0 Å². The fourth-order valence-corrected chi connectivity index (χ4v) is 4.67. The zero-order chi connectivity index (χ0) is 24.7. The van der Waals surface area contributed by atoms with Crippen LogP contribution in [0.25, 0.3) is 0 Å². The molecule has 0 aliphatic heterocycles. The van der Waals surface area contributed by atoms with E-state index in [0.717, 1.165) is 0 Å². The molecule has 0 saturated carbocycles. The van der Waals surface area contributed by atoms with Crippen LogP contribution in [0.1, 0.15) is 18.1 Å². The molecule has 34 heavy (non-hydrogen) atoms. The number of carbonyl (C=O) groups excluding carboxylic acids is 1. The van der Waals surface area contributed by atoms with Crippen molar-refractivity contribution in [2.24, 2.45) is 0 Å². The number of benzene rings is 3. The van der Waals surface area contributed by atoms with Crippen LogP contribution in [0, 0.1) is 6.92 Å². The number of anilines is 2. The van der Waals surface area contributed by atoms with Gasteiger partial charge in [-0.25, -0.2) is 8.42 Å². The normalized spacial score (nSPS) is 10.9. The Morgan fingerprint density at radius 2 is 1.56 bits per heavy atom. The van der Waals surface area contributed by atoms with Crippen LogP contribution in [0.2, 0.25) is 0 Å². The third kappa shape index (κ3) is 6.20. The topological polar surface area (TPSA) is 103 Å². The Morgan fingerprint density at radius 1 is 0.882 bits per heavy atom. The van der Waals surface area contributed by atoms with Crippen LogP contribution in [0.5, 0.6) is 17.2 Å². The minimum atomic E-state index is -3.88. The molecule has 3 aromatic carbocycles. The van der Waals surface area contributed by atoms with Gasteiger partial charge in [-0.2, -0.15) is 0 Å². The molecule has 0 aliphatic rings. The predicted octanol–water partition coefficient (Wildman–Crippen LogP) is 4.39. The van der Waals surface area contributed by atoms with E-state index in [-0.39, 0.29) is 17.2 Å². The lowest BCUT2D eigenvalue weighted by molar-refractivity contribution is -0.115. The summed E-state index contributed by atoms with van der Waals surface area (Å²) in [6, 6.07) is 16.6. The van der Waals surface area contributed by atoms with Gasteiger partial charge >= 0.3 is 0 Å². The number of rotatable bonds is 10. The maximum Gasteiger partial charge on any atom is 0.262 e. The van der Waals surface area contributed by atoms with Gasteiger partial charge in [0, 0.05) is 23.0 Å². The van der Waals surface area contributed by atoms with E-state index < -0.39 is 10.0 Å². The summed E-state index contributed by atoms with van der Waals surface area (Å²) in [5.74, 6) is 1.49. The molecule has 0 spiro atoms. The van der Waals surface area contributed by atoms with E-state index in [4.69, 9.17) is 14.2 Å². The van der Waals surface area contributed by atoms with Gasteiger partial charge in [-0.05, 0) is 61.9 Å². The van der Waals surface area contributed by atoms with Crippen LogP contribution in [-0.4, -0.2) is 35.2 Å². The summed E-state index contributed by atoms with van der Waals surface area (Å²) in [6.07, 6.45) is 0.0492. The smallest absolute Gasteiger partial charge is 0.262 e. The fourth-order valence-electron chi connectivity index (χ4n) is 3.34. The molecule has 0 radical (unpaired) electrons. The average Bonchev–Trinajstić information content (AvgIpc) is 2.81. The van der Waals surface area contributed by atoms with Gasteiger partial charge in [0.2, 0.25) is 5.91 Å². The van der Waals surface area contributed by atoms with Gasteiger partial charge < -0.3 is 19.5 Å². The number of hydrogen-bond donors (Lipinski definition) is 2. The Morgan fingerprint density at radius 3 is 2.21 bits per heavy atom. The number of aryl methyl sites for hydroxylation is 1. The van der Waals surface area contributed by atoms with Crippen LogP contribution in [0.15, 0.2) is 65.6 Å². The van der Waals surface area contributed by atoms with Crippen molar-refractivity contribution >= 4 is 27.3 Å². The van der Waals surface area contributed by atoms with Gasteiger partial charge in [-0.3, -0.25) is 9.52 Å². The van der Waals surface area contributed by atoms with Crippen molar-refractivity contribution < 1.29 is 27.4 Å². The second kappa shape index (κ2) is 10.9. The molecule has 0 heterocycles. The quantitative estimate of drug-likeness (QED) is 0.442. The van der Waals surface area contributed by atoms with E-state index in [1.165, 1.54) is 13.2 Å². The standard InChI is InChI=1S/C25H28N2O6S/c1-5-33-21-12-9-19(10-13-21)27-34(29,30)24-15-20(8-6-17(24)2)26-25(28)14-18-7-11-22(31-3)16-23(18)32-4/h6-13,15-16,27H,5,14H2,1-4H3,(H,26,28). The van der Waals surface area contributed by atoms with Gasteiger partial charge in [0.15, 0.2) is 0 Å². The Bertz CT molecular complexity index is 1260. The molecular formula is C25H28N2O6S. The summed E-state index contributed by atoms with van der Waals surface area (Å²) in [5.41, 5.74) is 2.00. The zero-order valence-electron chi connectivity index (χ0n) is 19.5. The van der Waals surface area contributed by atoms with Gasteiger partial charge in [0.25, 0.3) is 10.0 Å². The molecule has 1 amide bonds. The second-order valence-corrected chi connectivity index (χ2v) is 9.10. The highest BCUT2D eigenvalue weighted by Gasteiger charge is 2.19. The lowest BCUT2D eigenvalue weighted by Crippen LogP contribution is -2.17. The summed E-state index contributed by atoms with van der Waals surface area (Å²) < 4.78 is 44.5. The second-order valence-electron chi connectivity index (χ2n) is 7.45. The van der Waals surface area contributed by atoms with Gasteiger partial charge in [-0.1, -0.05) is 12.1 Å². The number of sulfonamides is 1. The molecule has 0 aliphatic carbocycles. The van der Waals surface area contributed by atoms with E-state index in [9.17, 15) is 13.2 Å². The first-order valence-corrected chi connectivity index (χ1v) is 12.1. The van der Waals surface area contributed by atoms with Crippen LogP contribution in [0.4, 0.5) is 11.4 Å². The molecule has 3 aromatic rings. The largest absolute Gasteiger partial charge is 0.497 e. The molecule has 0 unspecified atom stereocenters. The summed E-state index contributed by atoms with van der Waals surface area (Å²) in [5, 5.41) is 2.76. The van der Waals surface area contributed by atoms with Gasteiger partial charge in [-0.15, -0.1) is 0 Å². The first-order chi connectivity index (χ1) is 16.2. The van der Waals surface area contributed by atoms with E-state index >= 15 is 0 Å². The van der Waals surface area contributed by atoms with Crippen LogP contribution in [-0.2, 0) is 21.2 Å². The lowest BCUT2D eigenvalue weighted by Gasteiger charge is -2.14. The summed E-state index contributed by atoms with van der Waals surface area (Å²) >= 11 is 0. The molecular weight excluding hydrogens is 456 g/mol. The van der Waals surface area contributed by atoms with Gasteiger partial charge in [0.05, 0.1) is 32.1 Å². The predicted molar refractivity (Wildman–Crippen MR) is 131 cm³/mol. The molecule has 2 N–H and O–H groups in total. The molecule has 0 atom stereocenters. The van der Waals surface area contributed by atoms with Crippen molar-refractivity contribution in [3.63, 3.8) is 0 Å². The number of hydrogen-bond acceptors (Lipinski definition) is 6. The van der Waals surface area contributed by atoms with Crippen LogP contribution in [0.3, 0.4) is 0 Å². The monoisotopic (exact) mass is 484 g/mol. The minimum absolute atomic E-state index is 0.0492. The number of ether oxygens (including phenoxy) is 3. The highest BCUT2D eigenvalue weighted by molar-refractivity contribution is 7.92. The first-order valence-electron chi connectivity index (χ1n) is 10.6.